The van der Waals surface area contributed by atoms with Crippen molar-refractivity contribution in [3.05, 3.63) is 51.5 Å². The number of H-pyrrole nitrogens is 1. The van der Waals surface area contributed by atoms with Crippen LogP contribution >= 0.6 is 11.6 Å². The van der Waals surface area contributed by atoms with Crippen molar-refractivity contribution in [2.75, 3.05) is 0 Å². The van der Waals surface area contributed by atoms with Crippen molar-refractivity contribution < 1.29 is 4.74 Å². The van der Waals surface area contributed by atoms with E-state index < -0.39 is 0 Å². The van der Waals surface area contributed by atoms with Gasteiger partial charge >= 0.3 is 5.69 Å². The first kappa shape index (κ1) is 13.4. The fourth-order valence-corrected chi connectivity index (χ4v) is 2.05. The SMILES string of the molecule is Cn1nnn(-c2cccc(Cl)c2COc2ccn[nH]2)c1=O. The van der Waals surface area contributed by atoms with Crippen LogP contribution in [0.5, 0.6) is 5.88 Å². The molecule has 3 rings (SSSR count). The van der Waals surface area contributed by atoms with E-state index in [1.807, 2.05) is 0 Å². The zero-order chi connectivity index (χ0) is 14.8. The molecule has 0 saturated carbocycles. The van der Waals surface area contributed by atoms with Crippen LogP contribution in [-0.4, -0.2) is 30.0 Å². The van der Waals surface area contributed by atoms with Gasteiger partial charge in [0.25, 0.3) is 0 Å². The molecular weight excluding hydrogens is 296 g/mol. The van der Waals surface area contributed by atoms with Crippen LogP contribution in [0.15, 0.2) is 35.3 Å². The predicted molar refractivity (Wildman–Crippen MR) is 74.5 cm³/mol. The van der Waals surface area contributed by atoms with Gasteiger partial charge in [-0.2, -0.15) is 14.5 Å². The van der Waals surface area contributed by atoms with Gasteiger partial charge in [0.05, 0.1) is 11.9 Å². The standard InChI is InChI=1S/C12H11ClN6O2/c1-18-12(20)19(17-16-18)10-4-2-3-9(13)8(10)7-21-11-5-6-14-15-11/h2-6H,7H2,1H3,(H,14,15). The molecule has 0 saturated heterocycles. The number of rotatable bonds is 4. The molecule has 0 aliphatic carbocycles. The highest BCUT2D eigenvalue weighted by Gasteiger charge is 2.14. The van der Waals surface area contributed by atoms with Crippen LogP contribution in [0.1, 0.15) is 5.56 Å². The highest BCUT2D eigenvalue weighted by molar-refractivity contribution is 6.31. The van der Waals surface area contributed by atoms with Gasteiger partial charge in [-0.15, -0.1) is 0 Å². The number of ether oxygens (including phenoxy) is 1. The van der Waals surface area contributed by atoms with Gasteiger partial charge in [-0.3, -0.25) is 0 Å². The van der Waals surface area contributed by atoms with E-state index in [9.17, 15) is 4.79 Å². The van der Waals surface area contributed by atoms with E-state index in [0.717, 1.165) is 4.68 Å². The van der Waals surface area contributed by atoms with Gasteiger partial charge in [-0.25, -0.2) is 9.89 Å². The maximum Gasteiger partial charge on any atom is 0.368 e. The lowest BCUT2D eigenvalue weighted by Gasteiger charge is -2.10. The van der Waals surface area contributed by atoms with E-state index >= 15 is 0 Å². The molecule has 1 N–H and O–H groups in total. The van der Waals surface area contributed by atoms with Crippen molar-refractivity contribution in [2.24, 2.45) is 7.05 Å². The molecule has 108 valence electrons. The maximum absolute atomic E-state index is 12.0. The minimum atomic E-state index is -0.361. The third-order valence-electron chi connectivity index (χ3n) is 2.89. The molecule has 0 aliphatic rings. The number of nitrogens with zero attached hydrogens (tertiary/aromatic N) is 5. The summed E-state index contributed by atoms with van der Waals surface area (Å²) in [5.41, 5.74) is 0.802. The summed E-state index contributed by atoms with van der Waals surface area (Å²) in [6, 6.07) is 6.87. The summed E-state index contributed by atoms with van der Waals surface area (Å²) in [6.45, 7) is 0.167. The molecule has 0 bridgehead atoms. The zero-order valence-corrected chi connectivity index (χ0v) is 11.8. The Morgan fingerprint density at radius 3 is 2.86 bits per heavy atom. The molecule has 0 unspecified atom stereocenters. The first-order valence-electron chi connectivity index (χ1n) is 6.06. The van der Waals surface area contributed by atoms with Crippen molar-refractivity contribution in [1.82, 2.24) is 30.0 Å². The Bertz CT molecular complexity index is 808. The highest BCUT2D eigenvalue weighted by Crippen LogP contribution is 2.23. The molecule has 0 amide bonds. The number of aromatic amines is 1. The highest BCUT2D eigenvalue weighted by atomic mass is 35.5. The van der Waals surface area contributed by atoms with E-state index in [0.29, 0.717) is 22.2 Å². The van der Waals surface area contributed by atoms with Gasteiger partial charge in [-0.05, 0) is 22.6 Å². The normalized spacial score (nSPS) is 10.8. The van der Waals surface area contributed by atoms with Crippen LogP contribution in [0.4, 0.5) is 0 Å². The minimum Gasteiger partial charge on any atom is -0.473 e. The number of hydrogen-bond donors (Lipinski definition) is 1. The van der Waals surface area contributed by atoms with Crippen molar-refractivity contribution in [2.45, 2.75) is 6.61 Å². The molecule has 1 aromatic carbocycles. The lowest BCUT2D eigenvalue weighted by atomic mass is 10.2. The fourth-order valence-electron chi connectivity index (χ4n) is 1.83. The lowest BCUT2D eigenvalue weighted by Crippen LogP contribution is -2.23. The molecule has 0 atom stereocenters. The Kier molecular flexibility index (Phi) is 3.44. The third kappa shape index (κ3) is 2.52. The summed E-state index contributed by atoms with van der Waals surface area (Å²) in [4.78, 5) is 12.0. The summed E-state index contributed by atoms with van der Waals surface area (Å²) in [5.74, 6) is 0.507. The molecule has 0 aliphatic heterocycles. The van der Waals surface area contributed by atoms with Crippen LogP contribution in [0, 0.1) is 0 Å². The second-order valence-corrected chi connectivity index (χ2v) is 4.65. The Morgan fingerprint density at radius 1 is 1.33 bits per heavy atom. The first-order valence-corrected chi connectivity index (χ1v) is 6.43. The van der Waals surface area contributed by atoms with Crippen molar-refractivity contribution in [1.29, 1.82) is 0 Å². The number of tetrazole rings is 1. The van der Waals surface area contributed by atoms with Gasteiger partial charge in [0, 0.05) is 23.7 Å². The molecule has 8 nitrogen and oxygen atoms in total. The van der Waals surface area contributed by atoms with Crippen molar-refractivity contribution in [3.63, 3.8) is 0 Å². The average Bonchev–Trinajstić information content (AvgIpc) is 3.09. The number of nitrogens with one attached hydrogen (secondary N) is 1. The summed E-state index contributed by atoms with van der Waals surface area (Å²) in [6.07, 6.45) is 1.58. The summed E-state index contributed by atoms with van der Waals surface area (Å²) >= 11 is 6.20. The third-order valence-corrected chi connectivity index (χ3v) is 3.25. The summed E-state index contributed by atoms with van der Waals surface area (Å²) < 4.78 is 7.87. The summed E-state index contributed by atoms with van der Waals surface area (Å²) in [7, 11) is 1.52. The Morgan fingerprint density at radius 2 is 2.19 bits per heavy atom. The van der Waals surface area contributed by atoms with Crippen LogP contribution in [0.25, 0.3) is 5.69 Å². The number of aromatic nitrogens is 6. The second-order valence-electron chi connectivity index (χ2n) is 4.24. The number of aryl methyl sites for hydroxylation is 1. The number of benzene rings is 1. The number of hydrogen-bond acceptors (Lipinski definition) is 5. The quantitative estimate of drug-likeness (QED) is 0.774. The van der Waals surface area contributed by atoms with E-state index in [4.69, 9.17) is 16.3 Å². The van der Waals surface area contributed by atoms with Crippen LogP contribution in [0.3, 0.4) is 0 Å². The predicted octanol–water partition coefficient (Wildman–Crippen LogP) is 0.921. The molecule has 2 heterocycles. The van der Waals surface area contributed by atoms with Gasteiger partial charge < -0.3 is 4.74 Å². The molecule has 2 aromatic heterocycles. The van der Waals surface area contributed by atoms with Crippen molar-refractivity contribution in [3.8, 4) is 11.6 Å². The van der Waals surface area contributed by atoms with Crippen LogP contribution in [0.2, 0.25) is 5.02 Å². The molecule has 0 fully saturated rings. The second kappa shape index (κ2) is 5.41. The van der Waals surface area contributed by atoms with Crippen LogP contribution < -0.4 is 10.4 Å². The van der Waals surface area contributed by atoms with E-state index in [-0.39, 0.29) is 12.3 Å². The lowest BCUT2D eigenvalue weighted by molar-refractivity contribution is 0.293. The molecule has 9 heteroatoms. The molecular formula is C12H11ClN6O2. The van der Waals surface area contributed by atoms with Gasteiger partial charge in [0.2, 0.25) is 5.88 Å². The number of halogens is 1. The Balaban J connectivity index is 1.99. The monoisotopic (exact) mass is 306 g/mol. The molecule has 21 heavy (non-hydrogen) atoms. The van der Waals surface area contributed by atoms with E-state index in [1.54, 1.807) is 30.5 Å². The van der Waals surface area contributed by atoms with Crippen molar-refractivity contribution >= 4 is 11.6 Å². The fraction of sp³-hybridized carbons (Fsp3) is 0.167. The van der Waals surface area contributed by atoms with E-state index in [1.165, 1.54) is 11.7 Å². The molecule has 0 spiro atoms. The van der Waals surface area contributed by atoms with Gasteiger partial charge in [0.15, 0.2) is 0 Å². The first-order chi connectivity index (χ1) is 10.2. The van der Waals surface area contributed by atoms with Gasteiger partial charge in [-0.1, -0.05) is 17.7 Å². The Hall–Kier alpha value is -2.61. The topological polar surface area (TPSA) is 90.6 Å². The average molecular weight is 307 g/mol. The van der Waals surface area contributed by atoms with E-state index in [2.05, 4.69) is 20.6 Å². The van der Waals surface area contributed by atoms with Crippen LogP contribution in [-0.2, 0) is 13.7 Å². The largest absolute Gasteiger partial charge is 0.473 e. The zero-order valence-electron chi connectivity index (χ0n) is 11.0. The van der Waals surface area contributed by atoms with Gasteiger partial charge in [0.1, 0.15) is 6.61 Å². The Labute approximate surface area is 123 Å². The molecule has 3 aromatic rings. The summed E-state index contributed by atoms with van der Waals surface area (Å²) in [5, 5.41) is 14.5. The molecule has 0 radical (unpaired) electrons. The minimum absolute atomic E-state index is 0.167. The maximum atomic E-state index is 12.0. The smallest absolute Gasteiger partial charge is 0.368 e.